The van der Waals surface area contributed by atoms with Crippen LogP contribution in [-0.2, 0) is 0 Å². The molecule has 25 heavy (non-hydrogen) atoms. The minimum atomic E-state index is 0.0964. The number of hydrogen-bond donors (Lipinski definition) is 2. The van der Waals surface area contributed by atoms with Gasteiger partial charge < -0.3 is 16.2 Å². The highest BCUT2D eigenvalue weighted by molar-refractivity contribution is 5.84. The Morgan fingerprint density at radius 1 is 1.00 bits per heavy atom. The van der Waals surface area contributed by atoms with Gasteiger partial charge in [0, 0.05) is 12.4 Å². The fourth-order valence-corrected chi connectivity index (χ4v) is 2.72. The van der Waals surface area contributed by atoms with E-state index >= 15 is 0 Å². The second-order valence-electron chi connectivity index (χ2n) is 5.38. The zero-order chi connectivity index (χ0) is 17.4. The van der Waals surface area contributed by atoms with Gasteiger partial charge in [0.25, 0.3) is 0 Å². The van der Waals surface area contributed by atoms with E-state index in [0.29, 0.717) is 16.9 Å². The Bertz CT molecular complexity index is 1060. The molecule has 0 aliphatic rings. The van der Waals surface area contributed by atoms with Gasteiger partial charge in [-0.2, -0.15) is 9.97 Å². The van der Waals surface area contributed by atoms with E-state index < -0.39 is 0 Å². The Kier molecular flexibility index (Phi) is 3.42. The number of benzene rings is 1. The van der Waals surface area contributed by atoms with E-state index in [2.05, 4.69) is 19.9 Å². The first-order valence-corrected chi connectivity index (χ1v) is 7.52. The van der Waals surface area contributed by atoms with Gasteiger partial charge >= 0.3 is 0 Å². The molecule has 4 N–H and O–H groups in total. The lowest BCUT2D eigenvalue weighted by Crippen LogP contribution is -2.03. The van der Waals surface area contributed by atoms with Crippen LogP contribution in [-0.4, -0.2) is 31.6 Å². The van der Waals surface area contributed by atoms with Crippen molar-refractivity contribution in [2.75, 3.05) is 18.6 Å². The van der Waals surface area contributed by atoms with Gasteiger partial charge in [-0.15, -0.1) is 0 Å². The number of nitrogens with two attached hydrogens (primary N) is 2. The summed E-state index contributed by atoms with van der Waals surface area (Å²) in [5.41, 5.74) is 15.5. The summed E-state index contributed by atoms with van der Waals surface area (Å²) in [4.78, 5) is 16.5. The fraction of sp³-hybridized carbons (Fsp3) is 0.0588. The van der Waals surface area contributed by atoms with Gasteiger partial charge in [-0.3, -0.25) is 9.55 Å². The maximum absolute atomic E-state index is 5.88. The van der Waals surface area contributed by atoms with Crippen molar-refractivity contribution < 1.29 is 4.74 Å². The van der Waals surface area contributed by atoms with Crippen LogP contribution in [0.15, 0.2) is 49.1 Å². The molecule has 0 fully saturated rings. The highest BCUT2D eigenvalue weighted by Gasteiger charge is 2.15. The largest absolute Gasteiger partial charge is 0.495 e. The number of nitrogens with zero attached hydrogens (tertiary/aromatic N) is 5. The van der Waals surface area contributed by atoms with Crippen LogP contribution in [0.4, 0.5) is 11.8 Å². The zero-order valence-corrected chi connectivity index (χ0v) is 13.4. The normalized spacial score (nSPS) is 10.9. The van der Waals surface area contributed by atoms with E-state index in [9.17, 15) is 0 Å². The van der Waals surface area contributed by atoms with Crippen LogP contribution in [0.1, 0.15) is 0 Å². The topological polar surface area (TPSA) is 118 Å². The number of hydrogen-bond acceptors (Lipinski definition) is 7. The van der Waals surface area contributed by atoms with Crippen molar-refractivity contribution in [1.82, 2.24) is 24.5 Å². The first-order chi connectivity index (χ1) is 12.2. The van der Waals surface area contributed by atoms with Crippen LogP contribution in [0.5, 0.6) is 5.75 Å². The lowest BCUT2D eigenvalue weighted by atomic mass is 10.1. The molecule has 0 bridgehead atoms. The van der Waals surface area contributed by atoms with E-state index in [1.165, 1.54) is 0 Å². The van der Waals surface area contributed by atoms with E-state index in [4.69, 9.17) is 16.2 Å². The molecule has 124 valence electrons. The number of nitrogen functional groups attached to an aromatic ring is 2. The number of methoxy groups -OCH3 is 1. The first kappa shape index (κ1) is 14.9. The van der Waals surface area contributed by atoms with Crippen LogP contribution in [0, 0.1) is 0 Å². The van der Waals surface area contributed by atoms with Gasteiger partial charge in [-0.1, -0.05) is 6.07 Å². The van der Waals surface area contributed by atoms with Crippen LogP contribution in [0.2, 0.25) is 0 Å². The SMILES string of the molecule is COc1cc(-c2ccncc2)ccc1-n1cnc2c(N)nc(N)nc21. The minimum absolute atomic E-state index is 0.0964. The van der Waals surface area contributed by atoms with Crippen LogP contribution in [0.3, 0.4) is 0 Å². The van der Waals surface area contributed by atoms with Crippen LogP contribution >= 0.6 is 0 Å². The fourth-order valence-electron chi connectivity index (χ4n) is 2.72. The second-order valence-corrected chi connectivity index (χ2v) is 5.38. The monoisotopic (exact) mass is 333 g/mol. The molecule has 8 nitrogen and oxygen atoms in total. The van der Waals surface area contributed by atoms with Gasteiger partial charge in [0.1, 0.15) is 12.1 Å². The van der Waals surface area contributed by atoms with Gasteiger partial charge in [-0.25, -0.2) is 4.98 Å². The van der Waals surface area contributed by atoms with Gasteiger partial charge in [0.05, 0.1) is 12.8 Å². The van der Waals surface area contributed by atoms with Crippen molar-refractivity contribution in [3.8, 4) is 22.6 Å². The van der Waals surface area contributed by atoms with Crippen molar-refractivity contribution in [2.24, 2.45) is 0 Å². The summed E-state index contributed by atoms with van der Waals surface area (Å²) in [6, 6.07) is 9.76. The summed E-state index contributed by atoms with van der Waals surface area (Å²) in [6.07, 6.45) is 5.13. The minimum Gasteiger partial charge on any atom is -0.495 e. The molecule has 0 spiro atoms. The Morgan fingerprint density at radius 2 is 1.80 bits per heavy atom. The van der Waals surface area contributed by atoms with Crippen molar-refractivity contribution >= 4 is 22.9 Å². The van der Waals surface area contributed by atoms with Crippen molar-refractivity contribution in [3.63, 3.8) is 0 Å². The molecule has 0 saturated carbocycles. The van der Waals surface area contributed by atoms with E-state index in [-0.39, 0.29) is 11.8 Å². The maximum Gasteiger partial charge on any atom is 0.224 e. The number of rotatable bonds is 3. The summed E-state index contributed by atoms with van der Waals surface area (Å²) in [5.74, 6) is 1.01. The highest BCUT2D eigenvalue weighted by Crippen LogP contribution is 2.31. The maximum atomic E-state index is 5.88. The molecule has 0 unspecified atom stereocenters. The predicted octanol–water partition coefficient (Wildman–Crippen LogP) is 2.05. The Balaban J connectivity index is 1.89. The number of aromatic nitrogens is 5. The zero-order valence-electron chi connectivity index (χ0n) is 13.4. The Morgan fingerprint density at radius 3 is 2.56 bits per heavy atom. The lowest BCUT2D eigenvalue weighted by molar-refractivity contribution is 0.413. The number of ether oxygens (including phenoxy) is 1. The quantitative estimate of drug-likeness (QED) is 0.589. The summed E-state index contributed by atoms with van der Waals surface area (Å²) >= 11 is 0. The second kappa shape index (κ2) is 5.75. The number of fused-ring (bicyclic) bond motifs is 1. The summed E-state index contributed by atoms with van der Waals surface area (Å²) in [6.45, 7) is 0. The Hall–Kier alpha value is -3.68. The standard InChI is InChI=1S/C17H15N7O/c1-25-13-8-11(10-4-6-20-7-5-10)2-3-12(13)24-9-21-14-15(18)22-17(19)23-16(14)24/h2-9H,1H3,(H4,18,19,22,23). The highest BCUT2D eigenvalue weighted by atomic mass is 16.5. The van der Waals surface area contributed by atoms with Crippen LogP contribution < -0.4 is 16.2 Å². The molecule has 8 heteroatoms. The number of imidazole rings is 1. The molecule has 0 amide bonds. The van der Waals surface area contributed by atoms with Gasteiger partial charge in [0.2, 0.25) is 5.95 Å². The van der Waals surface area contributed by atoms with Crippen LogP contribution in [0.25, 0.3) is 28.0 Å². The average Bonchev–Trinajstić information content (AvgIpc) is 3.06. The number of anilines is 2. The molecule has 0 aliphatic heterocycles. The van der Waals surface area contributed by atoms with Crippen molar-refractivity contribution in [2.45, 2.75) is 0 Å². The molecule has 0 atom stereocenters. The van der Waals surface area contributed by atoms with Crippen molar-refractivity contribution in [1.29, 1.82) is 0 Å². The number of pyridine rings is 1. The van der Waals surface area contributed by atoms with Gasteiger partial charge in [-0.05, 0) is 35.4 Å². The predicted molar refractivity (Wildman–Crippen MR) is 95.3 cm³/mol. The first-order valence-electron chi connectivity index (χ1n) is 7.52. The third-order valence-electron chi connectivity index (χ3n) is 3.89. The Labute approximate surface area is 143 Å². The summed E-state index contributed by atoms with van der Waals surface area (Å²) < 4.78 is 7.35. The molecule has 3 aromatic heterocycles. The average molecular weight is 333 g/mol. The third kappa shape index (κ3) is 2.49. The van der Waals surface area contributed by atoms with E-state index in [1.807, 2.05) is 30.3 Å². The van der Waals surface area contributed by atoms with E-state index in [0.717, 1.165) is 16.8 Å². The molecule has 1 aromatic carbocycles. The van der Waals surface area contributed by atoms with E-state index in [1.54, 1.807) is 30.4 Å². The third-order valence-corrected chi connectivity index (χ3v) is 3.89. The molecule has 4 aromatic rings. The molecule has 0 radical (unpaired) electrons. The smallest absolute Gasteiger partial charge is 0.224 e. The molecule has 0 saturated heterocycles. The molecule has 3 heterocycles. The molecular formula is C17H15N7O. The summed E-state index contributed by atoms with van der Waals surface area (Å²) in [7, 11) is 1.62. The lowest BCUT2D eigenvalue weighted by Gasteiger charge is -2.12. The molecule has 4 rings (SSSR count). The van der Waals surface area contributed by atoms with Crippen molar-refractivity contribution in [3.05, 3.63) is 49.1 Å². The van der Waals surface area contributed by atoms with Gasteiger partial charge in [0.15, 0.2) is 17.0 Å². The molecular weight excluding hydrogens is 318 g/mol. The molecule has 0 aliphatic carbocycles. The summed E-state index contributed by atoms with van der Waals surface area (Å²) in [5, 5.41) is 0.